The van der Waals surface area contributed by atoms with Gasteiger partial charge in [0.2, 0.25) is 0 Å². The first-order valence-electron chi connectivity index (χ1n) is 5.50. The van der Waals surface area contributed by atoms with E-state index in [4.69, 9.17) is 11.6 Å². The van der Waals surface area contributed by atoms with Crippen molar-refractivity contribution in [2.75, 3.05) is 5.32 Å². The molecule has 0 radical (unpaired) electrons. The lowest BCUT2D eigenvalue weighted by Crippen LogP contribution is -2.13. The second-order valence-electron chi connectivity index (χ2n) is 4.04. The van der Waals surface area contributed by atoms with Crippen LogP contribution in [0.4, 0.5) is 5.69 Å². The average molecular weight is 404 g/mol. The second-order valence-corrected chi connectivity index (χ2v) is 6.24. The molecule has 2 nitrogen and oxygen atoms in total. The molecule has 0 unspecified atom stereocenters. The van der Waals surface area contributed by atoms with Crippen LogP contribution in [0.15, 0.2) is 45.3 Å². The molecule has 5 heteroatoms. The zero-order valence-corrected chi connectivity index (χ0v) is 13.9. The summed E-state index contributed by atoms with van der Waals surface area (Å²) in [7, 11) is 0. The first-order valence-corrected chi connectivity index (χ1v) is 7.46. The molecular weight excluding hydrogens is 393 g/mol. The van der Waals surface area contributed by atoms with Crippen LogP contribution >= 0.6 is 43.5 Å². The van der Waals surface area contributed by atoms with Crippen molar-refractivity contribution in [3.05, 3.63) is 61.5 Å². The minimum Gasteiger partial charge on any atom is -0.321 e. The topological polar surface area (TPSA) is 29.1 Å². The van der Waals surface area contributed by atoms with Crippen molar-refractivity contribution in [1.29, 1.82) is 0 Å². The number of rotatable bonds is 2. The van der Waals surface area contributed by atoms with Crippen molar-refractivity contribution < 1.29 is 4.79 Å². The fourth-order valence-corrected chi connectivity index (χ4v) is 2.50. The van der Waals surface area contributed by atoms with E-state index in [1.807, 2.05) is 19.1 Å². The van der Waals surface area contributed by atoms with Crippen LogP contribution in [-0.2, 0) is 0 Å². The number of halogens is 3. The smallest absolute Gasteiger partial charge is 0.256 e. The van der Waals surface area contributed by atoms with Gasteiger partial charge >= 0.3 is 0 Å². The summed E-state index contributed by atoms with van der Waals surface area (Å²) < 4.78 is 1.66. The number of hydrogen-bond acceptors (Lipinski definition) is 1. The minimum atomic E-state index is -0.165. The van der Waals surface area contributed by atoms with Gasteiger partial charge in [-0.2, -0.15) is 0 Å². The van der Waals surface area contributed by atoms with Crippen molar-refractivity contribution in [1.82, 2.24) is 0 Å². The molecule has 0 aliphatic rings. The molecule has 98 valence electrons. The molecule has 0 spiro atoms. The monoisotopic (exact) mass is 401 g/mol. The molecule has 19 heavy (non-hydrogen) atoms. The van der Waals surface area contributed by atoms with Gasteiger partial charge < -0.3 is 5.32 Å². The predicted octanol–water partition coefficient (Wildman–Crippen LogP) is 5.43. The Labute approximate surface area is 133 Å². The molecule has 0 saturated carbocycles. The van der Waals surface area contributed by atoms with Crippen LogP contribution in [0.3, 0.4) is 0 Å². The van der Waals surface area contributed by atoms with Crippen molar-refractivity contribution in [2.45, 2.75) is 6.92 Å². The largest absolute Gasteiger partial charge is 0.321 e. The lowest BCUT2D eigenvalue weighted by Gasteiger charge is -2.10. The number of nitrogens with one attached hydrogen (secondary N) is 1. The highest BCUT2D eigenvalue weighted by Crippen LogP contribution is 2.27. The van der Waals surface area contributed by atoms with Gasteiger partial charge in [-0.15, -0.1) is 0 Å². The minimum absolute atomic E-state index is 0.165. The fourth-order valence-electron chi connectivity index (χ4n) is 1.62. The van der Waals surface area contributed by atoms with Crippen molar-refractivity contribution in [3.8, 4) is 0 Å². The summed E-state index contributed by atoms with van der Waals surface area (Å²) in [5, 5.41) is 3.42. The SMILES string of the molecule is Cc1ccc(Br)cc1C(=O)Nc1cc(Cl)ccc1Br. The van der Waals surface area contributed by atoms with E-state index in [9.17, 15) is 4.79 Å². The van der Waals surface area contributed by atoms with Gasteiger partial charge in [0.15, 0.2) is 0 Å². The molecule has 0 aliphatic heterocycles. The Balaban J connectivity index is 2.30. The third-order valence-electron chi connectivity index (χ3n) is 2.62. The van der Waals surface area contributed by atoms with Crippen LogP contribution in [0.5, 0.6) is 0 Å². The van der Waals surface area contributed by atoms with Crippen LogP contribution in [0.25, 0.3) is 0 Å². The van der Waals surface area contributed by atoms with Gasteiger partial charge in [0.1, 0.15) is 0 Å². The summed E-state index contributed by atoms with van der Waals surface area (Å²) in [6.07, 6.45) is 0. The first-order chi connectivity index (χ1) is 8.97. The standard InChI is InChI=1S/C14H10Br2ClNO/c1-8-2-3-9(15)6-11(8)14(19)18-13-7-10(17)4-5-12(13)16/h2-7H,1H3,(H,18,19). The highest BCUT2D eigenvalue weighted by Gasteiger charge is 2.11. The molecule has 0 fully saturated rings. The van der Waals surface area contributed by atoms with Crippen molar-refractivity contribution >= 4 is 55.1 Å². The lowest BCUT2D eigenvalue weighted by molar-refractivity contribution is 0.102. The zero-order chi connectivity index (χ0) is 14.0. The van der Waals surface area contributed by atoms with Crippen LogP contribution < -0.4 is 5.32 Å². The predicted molar refractivity (Wildman–Crippen MR) is 86.0 cm³/mol. The van der Waals surface area contributed by atoms with Crippen LogP contribution in [0, 0.1) is 6.92 Å². The number of carbonyl (C=O) groups excluding carboxylic acids is 1. The summed E-state index contributed by atoms with van der Waals surface area (Å²) in [5.41, 5.74) is 2.19. The van der Waals surface area contributed by atoms with Gasteiger partial charge in [0.25, 0.3) is 5.91 Å². The Bertz CT molecular complexity index is 643. The molecule has 0 bridgehead atoms. The number of carbonyl (C=O) groups is 1. The van der Waals surface area contributed by atoms with E-state index >= 15 is 0 Å². The van der Waals surface area contributed by atoms with Gasteiger partial charge in [-0.3, -0.25) is 4.79 Å². The number of aryl methyl sites for hydroxylation is 1. The van der Waals surface area contributed by atoms with Crippen LogP contribution in [-0.4, -0.2) is 5.91 Å². The Hall–Kier alpha value is -0.840. The van der Waals surface area contributed by atoms with Crippen LogP contribution in [0.2, 0.25) is 5.02 Å². The summed E-state index contributed by atoms with van der Waals surface area (Å²) in [5.74, 6) is -0.165. The van der Waals surface area contributed by atoms with Crippen molar-refractivity contribution in [3.63, 3.8) is 0 Å². The fraction of sp³-hybridized carbons (Fsp3) is 0.0714. The molecule has 0 aromatic heterocycles. The normalized spacial score (nSPS) is 10.3. The Kier molecular flexibility index (Phi) is 4.66. The highest BCUT2D eigenvalue weighted by atomic mass is 79.9. The third kappa shape index (κ3) is 3.59. The third-order valence-corrected chi connectivity index (χ3v) is 4.04. The molecule has 1 N–H and O–H groups in total. The van der Waals surface area contributed by atoms with Crippen molar-refractivity contribution in [2.24, 2.45) is 0 Å². The van der Waals surface area contributed by atoms with Gasteiger partial charge in [0, 0.05) is 19.5 Å². The van der Waals surface area contributed by atoms with E-state index in [2.05, 4.69) is 37.2 Å². The zero-order valence-electron chi connectivity index (χ0n) is 10.0. The number of hydrogen-bond donors (Lipinski definition) is 1. The number of benzene rings is 2. The van der Waals surface area contributed by atoms with Gasteiger partial charge in [-0.05, 0) is 58.7 Å². The van der Waals surface area contributed by atoms with E-state index in [1.165, 1.54) is 0 Å². The summed E-state index contributed by atoms with van der Waals surface area (Å²) >= 11 is 12.7. The molecule has 2 aromatic carbocycles. The van der Waals surface area contributed by atoms with E-state index in [0.717, 1.165) is 14.5 Å². The summed E-state index contributed by atoms with van der Waals surface area (Å²) in [6, 6.07) is 10.9. The highest BCUT2D eigenvalue weighted by molar-refractivity contribution is 9.10. The van der Waals surface area contributed by atoms with E-state index in [0.29, 0.717) is 16.3 Å². The average Bonchev–Trinajstić information content (AvgIpc) is 2.36. The molecule has 2 rings (SSSR count). The second kappa shape index (κ2) is 6.07. The molecule has 0 atom stereocenters. The maximum absolute atomic E-state index is 12.3. The molecule has 2 aromatic rings. The molecule has 0 heterocycles. The molecule has 1 amide bonds. The number of amides is 1. The van der Waals surface area contributed by atoms with Gasteiger partial charge in [-0.1, -0.05) is 33.6 Å². The quantitative estimate of drug-likeness (QED) is 0.712. The van der Waals surface area contributed by atoms with E-state index in [1.54, 1.807) is 24.3 Å². The van der Waals surface area contributed by atoms with E-state index < -0.39 is 0 Å². The molecule has 0 saturated heterocycles. The first kappa shape index (κ1) is 14.6. The summed E-state index contributed by atoms with van der Waals surface area (Å²) in [6.45, 7) is 1.90. The molecule has 0 aliphatic carbocycles. The molecular formula is C14H10Br2ClNO. The van der Waals surface area contributed by atoms with Crippen LogP contribution in [0.1, 0.15) is 15.9 Å². The van der Waals surface area contributed by atoms with Gasteiger partial charge in [-0.25, -0.2) is 0 Å². The summed E-state index contributed by atoms with van der Waals surface area (Å²) in [4.78, 5) is 12.3. The van der Waals surface area contributed by atoms with E-state index in [-0.39, 0.29) is 5.91 Å². The maximum atomic E-state index is 12.3. The number of anilines is 1. The van der Waals surface area contributed by atoms with Gasteiger partial charge in [0.05, 0.1) is 5.69 Å². The Morgan fingerprint density at radius 3 is 2.63 bits per heavy atom. The Morgan fingerprint density at radius 2 is 1.89 bits per heavy atom. The lowest BCUT2D eigenvalue weighted by atomic mass is 10.1. The maximum Gasteiger partial charge on any atom is 0.256 e. The Morgan fingerprint density at radius 1 is 1.16 bits per heavy atom.